The predicted molar refractivity (Wildman–Crippen MR) is 75.3 cm³/mol. The van der Waals surface area contributed by atoms with Gasteiger partial charge in [0.15, 0.2) is 0 Å². The van der Waals surface area contributed by atoms with E-state index < -0.39 is 11.5 Å². The molecular formula is C13H25NO3S. The summed E-state index contributed by atoms with van der Waals surface area (Å²) in [6.45, 7) is 3.58. The van der Waals surface area contributed by atoms with Crippen LogP contribution in [0.15, 0.2) is 0 Å². The smallest absolute Gasteiger partial charge is 0.323 e. The second-order valence-corrected chi connectivity index (χ2v) is 6.30. The summed E-state index contributed by atoms with van der Waals surface area (Å²) in [5, 5.41) is 13.2. The van der Waals surface area contributed by atoms with E-state index in [1.165, 1.54) is 0 Å². The Morgan fingerprint density at radius 1 is 1.61 bits per heavy atom. The predicted octanol–water partition coefficient (Wildman–Crippen LogP) is 2.13. The van der Waals surface area contributed by atoms with Crippen molar-refractivity contribution in [3.63, 3.8) is 0 Å². The Hall–Kier alpha value is -0.260. The van der Waals surface area contributed by atoms with Gasteiger partial charge < -0.3 is 15.2 Å². The maximum atomic E-state index is 11.6. The van der Waals surface area contributed by atoms with E-state index in [1.807, 2.05) is 11.8 Å². The SMILES string of the molecule is CCCNC1(C(=O)O)CCCC(SCCOC)C1. The van der Waals surface area contributed by atoms with Gasteiger partial charge in [-0.15, -0.1) is 0 Å². The lowest BCUT2D eigenvalue weighted by atomic mass is 9.81. The van der Waals surface area contributed by atoms with Crippen molar-refractivity contribution in [3.8, 4) is 0 Å². The van der Waals surface area contributed by atoms with Crippen molar-refractivity contribution in [1.29, 1.82) is 0 Å². The standard InChI is InChI=1S/C13H25NO3S/c1-3-7-14-13(12(15)16)6-4-5-11(10-13)18-9-8-17-2/h11,14H,3-10H2,1-2H3,(H,15,16). The van der Waals surface area contributed by atoms with Crippen LogP contribution in [0.4, 0.5) is 0 Å². The molecule has 2 atom stereocenters. The number of aliphatic carboxylic acids is 1. The third kappa shape index (κ3) is 4.44. The fourth-order valence-electron chi connectivity index (χ4n) is 2.46. The molecule has 4 nitrogen and oxygen atoms in total. The van der Waals surface area contributed by atoms with Gasteiger partial charge in [-0.3, -0.25) is 4.79 Å². The van der Waals surface area contributed by atoms with Crippen molar-refractivity contribution < 1.29 is 14.6 Å². The van der Waals surface area contributed by atoms with Crippen molar-refractivity contribution in [2.75, 3.05) is 26.0 Å². The number of methoxy groups -OCH3 is 1. The minimum absolute atomic E-state index is 0.439. The van der Waals surface area contributed by atoms with Crippen LogP contribution in [0.2, 0.25) is 0 Å². The van der Waals surface area contributed by atoms with Crippen LogP contribution >= 0.6 is 11.8 Å². The van der Waals surface area contributed by atoms with Gasteiger partial charge in [0.2, 0.25) is 0 Å². The van der Waals surface area contributed by atoms with Crippen molar-refractivity contribution in [2.45, 2.75) is 49.8 Å². The van der Waals surface area contributed by atoms with Gasteiger partial charge in [0, 0.05) is 18.1 Å². The van der Waals surface area contributed by atoms with Crippen LogP contribution in [-0.4, -0.2) is 47.9 Å². The fourth-order valence-corrected chi connectivity index (χ4v) is 3.79. The number of nitrogens with one attached hydrogen (secondary N) is 1. The van der Waals surface area contributed by atoms with Crippen molar-refractivity contribution >= 4 is 17.7 Å². The molecule has 18 heavy (non-hydrogen) atoms. The Bertz CT molecular complexity index is 263. The Kier molecular flexibility index (Phi) is 7.04. The van der Waals surface area contributed by atoms with E-state index in [9.17, 15) is 9.90 Å². The molecule has 5 heteroatoms. The number of carboxylic acid groups (broad SMARTS) is 1. The molecule has 0 aromatic carbocycles. The maximum absolute atomic E-state index is 11.6. The van der Waals surface area contributed by atoms with Crippen LogP contribution in [0.25, 0.3) is 0 Å². The van der Waals surface area contributed by atoms with E-state index in [2.05, 4.69) is 12.2 Å². The fraction of sp³-hybridized carbons (Fsp3) is 0.923. The van der Waals surface area contributed by atoms with Gasteiger partial charge in [-0.2, -0.15) is 11.8 Å². The van der Waals surface area contributed by atoms with Crippen LogP contribution < -0.4 is 5.32 Å². The molecule has 0 aromatic heterocycles. The van der Waals surface area contributed by atoms with E-state index in [0.717, 1.165) is 51.0 Å². The summed E-state index contributed by atoms with van der Waals surface area (Å²) in [5.41, 5.74) is -0.695. The number of hydrogen-bond donors (Lipinski definition) is 2. The van der Waals surface area contributed by atoms with Crippen LogP contribution in [0.5, 0.6) is 0 Å². The van der Waals surface area contributed by atoms with Crippen LogP contribution in [0.1, 0.15) is 39.0 Å². The second kappa shape index (κ2) is 8.02. The van der Waals surface area contributed by atoms with E-state index in [0.29, 0.717) is 5.25 Å². The molecule has 0 saturated heterocycles. The normalized spacial score (nSPS) is 28.2. The summed E-state index contributed by atoms with van der Waals surface area (Å²) < 4.78 is 5.04. The summed E-state index contributed by atoms with van der Waals surface area (Å²) in [4.78, 5) is 11.6. The largest absolute Gasteiger partial charge is 0.480 e. The Balaban J connectivity index is 2.53. The second-order valence-electron chi connectivity index (χ2n) is 4.90. The number of carbonyl (C=O) groups is 1. The zero-order chi connectivity index (χ0) is 13.4. The quantitative estimate of drug-likeness (QED) is 0.665. The van der Waals surface area contributed by atoms with Crippen molar-refractivity contribution in [1.82, 2.24) is 5.32 Å². The molecule has 0 spiro atoms. The number of rotatable bonds is 8. The molecule has 1 rings (SSSR count). The molecule has 1 aliphatic carbocycles. The summed E-state index contributed by atoms with van der Waals surface area (Å²) in [6, 6.07) is 0. The lowest BCUT2D eigenvalue weighted by Gasteiger charge is -2.38. The molecule has 0 bridgehead atoms. The molecular weight excluding hydrogens is 250 g/mol. The molecule has 1 aliphatic rings. The summed E-state index contributed by atoms with van der Waals surface area (Å²) in [6.07, 6.45) is 4.57. The van der Waals surface area contributed by atoms with Gasteiger partial charge in [0.05, 0.1) is 6.61 Å². The van der Waals surface area contributed by atoms with Crippen LogP contribution in [0, 0.1) is 0 Å². The molecule has 0 aliphatic heterocycles. The van der Waals surface area contributed by atoms with E-state index in [1.54, 1.807) is 7.11 Å². The molecule has 0 amide bonds. The van der Waals surface area contributed by atoms with Gasteiger partial charge in [-0.05, 0) is 38.6 Å². The molecule has 0 aromatic rings. The highest BCUT2D eigenvalue weighted by Gasteiger charge is 2.42. The topological polar surface area (TPSA) is 58.6 Å². The monoisotopic (exact) mass is 275 g/mol. The van der Waals surface area contributed by atoms with Gasteiger partial charge in [-0.25, -0.2) is 0 Å². The summed E-state index contributed by atoms with van der Waals surface area (Å²) in [7, 11) is 1.70. The van der Waals surface area contributed by atoms with Gasteiger partial charge >= 0.3 is 5.97 Å². The highest BCUT2D eigenvalue weighted by atomic mass is 32.2. The van der Waals surface area contributed by atoms with E-state index in [-0.39, 0.29) is 0 Å². The van der Waals surface area contributed by atoms with Gasteiger partial charge in [0.1, 0.15) is 5.54 Å². The summed E-state index contributed by atoms with van der Waals surface area (Å²) in [5.74, 6) is 0.262. The summed E-state index contributed by atoms with van der Waals surface area (Å²) >= 11 is 1.85. The molecule has 0 heterocycles. The highest BCUT2D eigenvalue weighted by Crippen LogP contribution is 2.35. The number of carboxylic acids is 1. The van der Waals surface area contributed by atoms with Crippen molar-refractivity contribution in [3.05, 3.63) is 0 Å². The zero-order valence-electron chi connectivity index (χ0n) is 11.4. The minimum atomic E-state index is -0.695. The molecule has 2 unspecified atom stereocenters. The molecule has 106 valence electrons. The van der Waals surface area contributed by atoms with Gasteiger partial charge in [0.25, 0.3) is 0 Å². The first-order chi connectivity index (χ1) is 8.64. The third-order valence-electron chi connectivity index (χ3n) is 3.47. The van der Waals surface area contributed by atoms with Gasteiger partial charge in [-0.1, -0.05) is 6.92 Å². The highest BCUT2D eigenvalue weighted by molar-refractivity contribution is 7.99. The van der Waals surface area contributed by atoms with E-state index >= 15 is 0 Å². The zero-order valence-corrected chi connectivity index (χ0v) is 12.2. The lowest BCUT2D eigenvalue weighted by Crippen LogP contribution is -2.55. The molecule has 1 saturated carbocycles. The van der Waals surface area contributed by atoms with Crippen LogP contribution in [-0.2, 0) is 9.53 Å². The molecule has 0 radical (unpaired) electrons. The van der Waals surface area contributed by atoms with Crippen molar-refractivity contribution in [2.24, 2.45) is 0 Å². The first-order valence-electron chi connectivity index (χ1n) is 6.73. The third-order valence-corrected chi connectivity index (χ3v) is 4.75. The average Bonchev–Trinajstić information content (AvgIpc) is 2.37. The molecule has 2 N–H and O–H groups in total. The Morgan fingerprint density at radius 3 is 3.00 bits per heavy atom. The minimum Gasteiger partial charge on any atom is -0.480 e. The Labute approximate surface area is 114 Å². The number of hydrogen-bond acceptors (Lipinski definition) is 4. The molecule has 1 fully saturated rings. The first kappa shape index (κ1) is 15.8. The number of thioether (sulfide) groups is 1. The lowest BCUT2D eigenvalue weighted by molar-refractivity contribution is -0.146. The first-order valence-corrected chi connectivity index (χ1v) is 7.78. The van der Waals surface area contributed by atoms with Crippen LogP contribution in [0.3, 0.4) is 0 Å². The Morgan fingerprint density at radius 2 is 2.39 bits per heavy atom. The number of ether oxygens (including phenoxy) is 1. The maximum Gasteiger partial charge on any atom is 0.323 e. The van der Waals surface area contributed by atoms with E-state index in [4.69, 9.17) is 4.74 Å². The average molecular weight is 275 g/mol.